The topological polar surface area (TPSA) is 24.5 Å². The van der Waals surface area contributed by atoms with Gasteiger partial charge in [0.05, 0.1) is 0 Å². The molecular weight excluding hydrogens is 332 g/mol. The predicted octanol–water partition coefficient (Wildman–Crippen LogP) is 6.44. The summed E-state index contributed by atoms with van der Waals surface area (Å²) >= 11 is 0. The van der Waals surface area contributed by atoms with E-state index in [1.54, 1.807) is 0 Å². The van der Waals surface area contributed by atoms with Crippen LogP contribution in [0.3, 0.4) is 0 Å². The Labute approximate surface area is 159 Å². The van der Waals surface area contributed by atoms with E-state index in [1.807, 2.05) is 62.6 Å². The molecule has 3 nitrogen and oxygen atoms in total. The number of hydrogen-bond donors (Lipinski definition) is 1. The minimum Gasteiger partial charge on any atom is -0.457 e. The predicted molar refractivity (Wildman–Crippen MR) is 115 cm³/mol. The number of para-hydroxylation sites is 1. The Morgan fingerprint density at radius 3 is 2.04 bits per heavy atom. The molecule has 0 fully saturated rings. The summed E-state index contributed by atoms with van der Waals surface area (Å²) in [7, 11) is 4.06. The van der Waals surface area contributed by atoms with Crippen molar-refractivity contribution < 1.29 is 4.74 Å². The third kappa shape index (κ3) is 3.72. The quantitative estimate of drug-likeness (QED) is 0.446. The summed E-state index contributed by atoms with van der Waals surface area (Å²) < 4.78 is 6.19. The highest BCUT2D eigenvalue weighted by molar-refractivity contribution is 5.99. The van der Waals surface area contributed by atoms with Gasteiger partial charge < -0.3 is 15.0 Å². The van der Waals surface area contributed by atoms with E-state index < -0.39 is 0 Å². The number of hydrogen-bond acceptors (Lipinski definition) is 3. The van der Waals surface area contributed by atoms with E-state index in [0.29, 0.717) is 0 Å². The summed E-state index contributed by atoms with van der Waals surface area (Å²) in [6.45, 7) is 0. The van der Waals surface area contributed by atoms with Crippen molar-refractivity contribution in [2.24, 2.45) is 0 Å². The Bertz CT molecular complexity index is 1040. The lowest BCUT2D eigenvalue weighted by molar-refractivity contribution is 0.488. The molecule has 3 heteroatoms. The van der Waals surface area contributed by atoms with E-state index in [4.69, 9.17) is 4.74 Å². The van der Waals surface area contributed by atoms with Crippen LogP contribution in [-0.2, 0) is 0 Å². The lowest BCUT2D eigenvalue weighted by atomic mass is 10.1. The maximum atomic E-state index is 6.19. The molecule has 27 heavy (non-hydrogen) atoms. The number of nitrogens with one attached hydrogen (secondary N) is 1. The molecule has 0 saturated carbocycles. The van der Waals surface area contributed by atoms with Gasteiger partial charge in [-0.25, -0.2) is 0 Å². The van der Waals surface area contributed by atoms with E-state index >= 15 is 0 Å². The number of ether oxygens (including phenoxy) is 1. The SMILES string of the molecule is CN(C)c1ccc(Oc2ccc(Nc3ccccc3)c3ccccc23)cc1. The van der Waals surface area contributed by atoms with E-state index in [2.05, 4.69) is 52.7 Å². The monoisotopic (exact) mass is 354 g/mol. The first-order valence-corrected chi connectivity index (χ1v) is 9.00. The summed E-state index contributed by atoms with van der Waals surface area (Å²) in [4.78, 5) is 2.07. The van der Waals surface area contributed by atoms with E-state index in [-0.39, 0.29) is 0 Å². The molecule has 0 aliphatic rings. The van der Waals surface area contributed by atoms with E-state index in [0.717, 1.165) is 39.3 Å². The van der Waals surface area contributed by atoms with Gasteiger partial charge in [0.1, 0.15) is 11.5 Å². The van der Waals surface area contributed by atoms with Crippen LogP contribution in [-0.4, -0.2) is 14.1 Å². The lowest BCUT2D eigenvalue weighted by Crippen LogP contribution is -2.07. The fourth-order valence-corrected chi connectivity index (χ4v) is 3.09. The Morgan fingerprint density at radius 1 is 0.667 bits per heavy atom. The fourth-order valence-electron chi connectivity index (χ4n) is 3.09. The van der Waals surface area contributed by atoms with Crippen LogP contribution in [0.25, 0.3) is 10.8 Å². The zero-order valence-electron chi connectivity index (χ0n) is 15.5. The second kappa shape index (κ2) is 7.42. The molecule has 4 aromatic carbocycles. The average molecular weight is 354 g/mol. The van der Waals surface area contributed by atoms with Crippen molar-refractivity contribution >= 4 is 27.8 Å². The molecule has 0 aliphatic carbocycles. The molecule has 4 rings (SSSR count). The minimum atomic E-state index is 0.828. The lowest BCUT2D eigenvalue weighted by Gasteiger charge is -2.15. The molecular formula is C24H22N2O. The zero-order valence-corrected chi connectivity index (χ0v) is 15.5. The summed E-state index contributed by atoms with van der Waals surface area (Å²) in [6, 6.07) is 30.7. The molecule has 1 N–H and O–H groups in total. The maximum absolute atomic E-state index is 6.19. The normalized spacial score (nSPS) is 10.6. The number of rotatable bonds is 5. The molecule has 0 saturated heterocycles. The van der Waals surface area contributed by atoms with Gasteiger partial charge in [0.2, 0.25) is 0 Å². The molecule has 0 unspecified atom stereocenters. The molecule has 0 bridgehead atoms. The third-order valence-electron chi connectivity index (χ3n) is 4.52. The van der Waals surface area contributed by atoms with Gasteiger partial charge in [-0.15, -0.1) is 0 Å². The van der Waals surface area contributed by atoms with Gasteiger partial charge in [-0.3, -0.25) is 0 Å². The molecule has 0 atom stereocenters. The summed E-state index contributed by atoms with van der Waals surface area (Å²) in [5, 5.41) is 5.70. The Balaban J connectivity index is 1.67. The van der Waals surface area contributed by atoms with Crippen LogP contribution in [0.2, 0.25) is 0 Å². The Hall–Kier alpha value is -3.46. The largest absolute Gasteiger partial charge is 0.457 e. The summed E-state index contributed by atoms with van der Waals surface area (Å²) in [5.74, 6) is 1.68. The van der Waals surface area contributed by atoms with Gasteiger partial charge in [0.15, 0.2) is 0 Å². The van der Waals surface area contributed by atoms with Crippen molar-refractivity contribution in [3.63, 3.8) is 0 Å². The van der Waals surface area contributed by atoms with Crippen LogP contribution in [0.5, 0.6) is 11.5 Å². The van der Waals surface area contributed by atoms with Gasteiger partial charge in [-0.1, -0.05) is 42.5 Å². The van der Waals surface area contributed by atoms with Crippen molar-refractivity contribution in [3.8, 4) is 11.5 Å². The van der Waals surface area contributed by atoms with Gasteiger partial charge in [-0.05, 0) is 48.5 Å². The maximum Gasteiger partial charge on any atom is 0.135 e. The Kier molecular flexibility index (Phi) is 4.67. The second-order valence-corrected chi connectivity index (χ2v) is 6.64. The fraction of sp³-hybridized carbons (Fsp3) is 0.0833. The molecule has 0 heterocycles. The van der Waals surface area contributed by atoms with Crippen LogP contribution >= 0.6 is 0 Å². The number of anilines is 3. The first kappa shape index (κ1) is 17.0. The molecule has 0 radical (unpaired) electrons. The van der Waals surface area contributed by atoms with Crippen molar-refractivity contribution in [1.29, 1.82) is 0 Å². The zero-order chi connectivity index (χ0) is 18.6. The van der Waals surface area contributed by atoms with Crippen LogP contribution in [0.15, 0.2) is 91.0 Å². The number of nitrogens with zero attached hydrogens (tertiary/aromatic N) is 1. The molecule has 0 amide bonds. The van der Waals surface area contributed by atoms with Crippen LogP contribution in [0, 0.1) is 0 Å². The van der Waals surface area contributed by atoms with Gasteiger partial charge in [0.25, 0.3) is 0 Å². The number of fused-ring (bicyclic) bond motifs is 1. The minimum absolute atomic E-state index is 0.828. The smallest absolute Gasteiger partial charge is 0.135 e. The van der Waals surface area contributed by atoms with E-state index in [9.17, 15) is 0 Å². The van der Waals surface area contributed by atoms with Crippen LogP contribution in [0.4, 0.5) is 17.1 Å². The van der Waals surface area contributed by atoms with Crippen LogP contribution in [0.1, 0.15) is 0 Å². The first-order chi connectivity index (χ1) is 13.2. The molecule has 0 aromatic heterocycles. The van der Waals surface area contributed by atoms with Crippen molar-refractivity contribution in [2.75, 3.05) is 24.3 Å². The van der Waals surface area contributed by atoms with Crippen LogP contribution < -0.4 is 15.0 Å². The number of benzene rings is 4. The summed E-state index contributed by atoms with van der Waals surface area (Å²) in [5.41, 5.74) is 3.28. The van der Waals surface area contributed by atoms with Gasteiger partial charge in [0, 0.05) is 41.9 Å². The first-order valence-electron chi connectivity index (χ1n) is 9.00. The molecule has 0 spiro atoms. The average Bonchev–Trinajstić information content (AvgIpc) is 2.71. The molecule has 4 aromatic rings. The molecule has 134 valence electrons. The Morgan fingerprint density at radius 2 is 1.33 bits per heavy atom. The highest BCUT2D eigenvalue weighted by Gasteiger charge is 2.08. The van der Waals surface area contributed by atoms with Crippen molar-refractivity contribution in [3.05, 3.63) is 91.0 Å². The highest BCUT2D eigenvalue weighted by Crippen LogP contribution is 2.35. The third-order valence-corrected chi connectivity index (χ3v) is 4.52. The van der Waals surface area contributed by atoms with Gasteiger partial charge in [-0.2, -0.15) is 0 Å². The standard InChI is InChI=1S/C24H22N2O/c1-26(2)19-12-14-20(15-13-19)27-24-17-16-23(21-10-6-7-11-22(21)24)25-18-8-4-3-5-9-18/h3-17,25H,1-2H3. The van der Waals surface area contributed by atoms with Crippen molar-refractivity contribution in [2.45, 2.75) is 0 Å². The molecule has 0 aliphatic heterocycles. The highest BCUT2D eigenvalue weighted by atomic mass is 16.5. The van der Waals surface area contributed by atoms with E-state index in [1.165, 1.54) is 0 Å². The second-order valence-electron chi connectivity index (χ2n) is 6.64. The van der Waals surface area contributed by atoms with Crippen molar-refractivity contribution in [1.82, 2.24) is 0 Å². The summed E-state index contributed by atoms with van der Waals surface area (Å²) in [6.07, 6.45) is 0. The van der Waals surface area contributed by atoms with Gasteiger partial charge >= 0.3 is 0 Å².